The summed E-state index contributed by atoms with van der Waals surface area (Å²) >= 11 is 0. The summed E-state index contributed by atoms with van der Waals surface area (Å²) < 4.78 is 16.0. The highest BCUT2D eigenvalue weighted by Crippen LogP contribution is 2.25. The van der Waals surface area contributed by atoms with E-state index in [2.05, 4.69) is 32.3 Å². The van der Waals surface area contributed by atoms with Crippen molar-refractivity contribution in [2.75, 3.05) is 17.7 Å². The van der Waals surface area contributed by atoms with E-state index >= 15 is 0 Å². The minimum Gasteiger partial charge on any atom is -0.372 e. The van der Waals surface area contributed by atoms with E-state index in [9.17, 15) is 9.18 Å². The molecule has 166 valence electrons. The van der Waals surface area contributed by atoms with Crippen molar-refractivity contribution < 1.29 is 9.18 Å². The van der Waals surface area contributed by atoms with Gasteiger partial charge in [0.2, 0.25) is 5.95 Å². The molecule has 0 saturated heterocycles. The van der Waals surface area contributed by atoms with Crippen LogP contribution < -0.4 is 16.4 Å². The predicted molar refractivity (Wildman–Crippen MR) is 125 cm³/mol. The van der Waals surface area contributed by atoms with Gasteiger partial charge in [-0.15, -0.1) is 0 Å². The first kappa shape index (κ1) is 25.3. The molecule has 1 aromatic carbocycles. The van der Waals surface area contributed by atoms with Crippen LogP contribution in [0.15, 0.2) is 49.3 Å². The molecule has 2 heterocycles. The lowest BCUT2D eigenvalue weighted by Crippen LogP contribution is -2.15. The van der Waals surface area contributed by atoms with E-state index in [1.807, 2.05) is 39.8 Å². The number of primary amides is 1. The number of hydrogen-bond acceptors (Lipinski definition) is 6. The maximum Gasteiger partial charge on any atom is 0.254 e. The molecule has 9 heteroatoms. The second-order valence-corrected chi connectivity index (χ2v) is 5.81. The highest BCUT2D eigenvalue weighted by molar-refractivity contribution is 5.97. The van der Waals surface area contributed by atoms with Gasteiger partial charge in [0.15, 0.2) is 0 Å². The first-order valence-electron chi connectivity index (χ1n) is 9.95. The lowest BCUT2D eigenvalue weighted by atomic mass is 10.2. The van der Waals surface area contributed by atoms with Gasteiger partial charge in [-0.2, -0.15) is 10.1 Å². The van der Waals surface area contributed by atoms with Crippen molar-refractivity contribution >= 4 is 34.3 Å². The number of carbonyl (C=O) groups excluding carboxylic acids is 1. The maximum atomic E-state index is 14.3. The van der Waals surface area contributed by atoms with Crippen LogP contribution in [0.25, 0.3) is 10.9 Å². The summed E-state index contributed by atoms with van der Waals surface area (Å²) in [7, 11) is 1.60. The fraction of sp³-hybridized carbons (Fsp3) is 0.273. The highest BCUT2D eigenvalue weighted by Gasteiger charge is 2.13. The average molecular weight is 428 g/mol. The summed E-state index contributed by atoms with van der Waals surface area (Å²) in [6, 6.07) is 3.04. The Bertz CT molecular complexity index is 1040. The zero-order valence-electron chi connectivity index (χ0n) is 18.6. The van der Waals surface area contributed by atoms with Crippen molar-refractivity contribution in [1.82, 2.24) is 19.7 Å². The van der Waals surface area contributed by atoms with E-state index in [1.54, 1.807) is 30.1 Å². The molecule has 0 radical (unpaired) electrons. The Labute approximate surface area is 182 Å². The van der Waals surface area contributed by atoms with E-state index in [0.717, 1.165) is 5.52 Å². The van der Waals surface area contributed by atoms with E-state index in [4.69, 9.17) is 5.73 Å². The molecule has 0 aliphatic heterocycles. The molecule has 3 aromatic rings. The molecule has 0 fully saturated rings. The van der Waals surface area contributed by atoms with Crippen LogP contribution in [0.5, 0.6) is 0 Å². The first-order valence-corrected chi connectivity index (χ1v) is 9.95. The molecule has 2 aromatic heterocycles. The van der Waals surface area contributed by atoms with Gasteiger partial charge in [-0.1, -0.05) is 38.7 Å². The Morgan fingerprint density at radius 3 is 2.55 bits per heavy atom. The number of fused-ring (bicyclic) bond motifs is 1. The Morgan fingerprint density at radius 2 is 2.03 bits per heavy atom. The quantitative estimate of drug-likeness (QED) is 0.494. The number of aryl methyl sites for hydroxylation is 1. The zero-order valence-corrected chi connectivity index (χ0v) is 18.6. The number of nitrogens with one attached hydrogen (secondary N) is 2. The van der Waals surface area contributed by atoms with Gasteiger partial charge in [-0.3, -0.25) is 9.48 Å². The molecule has 0 saturated carbocycles. The number of nitrogens with two attached hydrogens (primary N) is 1. The van der Waals surface area contributed by atoms with Crippen molar-refractivity contribution in [1.29, 1.82) is 0 Å². The van der Waals surface area contributed by atoms with Gasteiger partial charge in [0.05, 0.1) is 23.0 Å². The van der Waals surface area contributed by atoms with Crippen LogP contribution >= 0.6 is 0 Å². The number of anilines is 3. The van der Waals surface area contributed by atoms with Crippen LogP contribution in [0, 0.1) is 5.82 Å². The lowest BCUT2D eigenvalue weighted by molar-refractivity contribution is 0.100. The Hall–Kier alpha value is -3.75. The molecule has 0 aliphatic carbocycles. The van der Waals surface area contributed by atoms with Crippen LogP contribution in [0.2, 0.25) is 0 Å². The molecule has 0 aliphatic rings. The molecule has 0 unspecified atom stereocenters. The first-order chi connectivity index (χ1) is 14.9. The third kappa shape index (κ3) is 6.63. The van der Waals surface area contributed by atoms with Crippen LogP contribution in [0.4, 0.5) is 21.8 Å². The molecule has 3 rings (SSSR count). The fourth-order valence-electron chi connectivity index (χ4n) is 2.52. The average Bonchev–Trinajstić information content (AvgIpc) is 3.17. The monoisotopic (exact) mass is 427 g/mol. The van der Waals surface area contributed by atoms with Crippen LogP contribution in [-0.2, 0) is 6.54 Å². The van der Waals surface area contributed by atoms with Gasteiger partial charge in [0.25, 0.3) is 5.91 Å². The molecule has 4 N–H and O–H groups in total. The fourth-order valence-corrected chi connectivity index (χ4v) is 2.52. The number of amides is 1. The molecule has 31 heavy (non-hydrogen) atoms. The van der Waals surface area contributed by atoms with Crippen LogP contribution in [0.3, 0.4) is 0 Å². The van der Waals surface area contributed by atoms with E-state index < -0.39 is 11.7 Å². The van der Waals surface area contributed by atoms with E-state index in [0.29, 0.717) is 11.9 Å². The summed E-state index contributed by atoms with van der Waals surface area (Å²) in [6.45, 7) is 12.0. The maximum absolute atomic E-state index is 14.3. The Balaban J connectivity index is 0.000000605. The smallest absolute Gasteiger partial charge is 0.254 e. The third-order valence-electron chi connectivity index (χ3n) is 3.90. The number of aromatic nitrogens is 4. The number of allylic oxidation sites excluding steroid dienone is 3. The van der Waals surface area contributed by atoms with E-state index in [-0.39, 0.29) is 23.0 Å². The van der Waals surface area contributed by atoms with Gasteiger partial charge in [-0.25, -0.2) is 9.37 Å². The van der Waals surface area contributed by atoms with Crippen molar-refractivity contribution in [2.24, 2.45) is 5.73 Å². The summed E-state index contributed by atoms with van der Waals surface area (Å²) in [6.07, 6.45) is 8.48. The van der Waals surface area contributed by atoms with Crippen molar-refractivity contribution in [3.05, 3.63) is 60.7 Å². The SMILES string of the molecule is C=C/C=C/C.CC.CCn1ncc2cc(F)c(Nc3ncc(C(N)=O)c(NC)n3)cc21. The molecular weight excluding hydrogens is 397 g/mol. The molecule has 0 atom stereocenters. The number of nitrogens with zero attached hydrogens (tertiary/aromatic N) is 4. The summed E-state index contributed by atoms with van der Waals surface area (Å²) in [5, 5.41) is 10.5. The number of rotatable bonds is 6. The number of benzene rings is 1. The summed E-state index contributed by atoms with van der Waals surface area (Å²) in [4.78, 5) is 19.4. The molecule has 0 spiro atoms. The van der Waals surface area contributed by atoms with Gasteiger partial charge in [0.1, 0.15) is 11.6 Å². The molecule has 8 nitrogen and oxygen atoms in total. The zero-order chi connectivity index (χ0) is 23.4. The second-order valence-electron chi connectivity index (χ2n) is 5.81. The van der Waals surface area contributed by atoms with Crippen molar-refractivity contribution in [3.63, 3.8) is 0 Å². The summed E-state index contributed by atoms with van der Waals surface area (Å²) in [5.41, 5.74) is 6.42. The number of hydrogen-bond donors (Lipinski definition) is 3. The van der Waals surface area contributed by atoms with Crippen molar-refractivity contribution in [2.45, 2.75) is 34.2 Å². The van der Waals surface area contributed by atoms with Crippen molar-refractivity contribution in [3.8, 4) is 0 Å². The summed E-state index contributed by atoms with van der Waals surface area (Å²) in [5.74, 6) is -0.692. The van der Waals surface area contributed by atoms with Crippen LogP contribution in [-0.4, -0.2) is 32.7 Å². The molecule has 0 bridgehead atoms. The lowest BCUT2D eigenvalue weighted by Gasteiger charge is -2.10. The standard InChI is InChI=1S/C15H16FN7O.C5H8.C2H6/c1-3-23-12-5-11(10(16)4-8(12)6-20-23)21-15-19-7-9(13(17)24)14(18-2)22-15;1-3-5-4-2;1-2/h4-7H,3H2,1-2H3,(H2,17,24)(H2,18,19,21,22);3-5H,1H2,2H3;1-2H3/b;5-4+;. The molecule has 1 amide bonds. The molecular formula is C22H30FN7O. The topological polar surface area (TPSA) is 111 Å². The number of halogens is 1. The third-order valence-corrected chi connectivity index (χ3v) is 3.90. The largest absolute Gasteiger partial charge is 0.372 e. The number of carbonyl (C=O) groups is 1. The van der Waals surface area contributed by atoms with Gasteiger partial charge >= 0.3 is 0 Å². The van der Waals surface area contributed by atoms with Gasteiger partial charge in [-0.05, 0) is 26.0 Å². The van der Waals surface area contributed by atoms with Gasteiger partial charge < -0.3 is 16.4 Å². The Kier molecular flexibility index (Phi) is 10.4. The van der Waals surface area contributed by atoms with E-state index in [1.165, 1.54) is 12.3 Å². The Morgan fingerprint density at radius 1 is 1.32 bits per heavy atom. The predicted octanol–water partition coefficient (Wildman–Crippen LogP) is 4.64. The second kappa shape index (κ2) is 12.7. The normalized spacial score (nSPS) is 10.0. The highest BCUT2D eigenvalue weighted by atomic mass is 19.1. The minimum atomic E-state index is -0.648. The van der Waals surface area contributed by atoms with Gasteiger partial charge in [0, 0.05) is 25.2 Å². The van der Waals surface area contributed by atoms with Crippen LogP contribution in [0.1, 0.15) is 38.1 Å². The minimum absolute atomic E-state index is 0.144.